The lowest BCUT2D eigenvalue weighted by atomic mass is 10.0. The van der Waals surface area contributed by atoms with E-state index in [2.05, 4.69) is 10.6 Å². The highest BCUT2D eigenvalue weighted by molar-refractivity contribution is 7.89. The Bertz CT molecular complexity index is 1050. The summed E-state index contributed by atoms with van der Waals surface area (Å²) in [5, 5.41) is 5.53. The summed E-state index contributed by atoms with van der Waals surface area (Å²) in [7, 11) is -2.26. The number of methoxy groups -OCH3 is 1. The van der Waals surface area contributed by atoms with Gasteiger partial charge in [0.05, 0.1) is 30.2 Å². The second-order valence-electron chi connectivity index (χ2n) is 7.37. The third-order valence-electron chi connectivity index (χ3n) is 5.03. The fourth-order valence-corrected chi connectivity index (χ4v) is 4.83. The number of aryl methyl sites for hydroxylation is 1. The third kappa shape index (κ3) is 6.30. The summed E-state index contributed by atoms with van der Waals surface area (Å²) < 4.78 is 32.4. The van der Waals surface area contributed by atoms with Gasteiger partial charge in [-0.25, -0.2) is 8.42 Å². The molecule has 9 heteroatoms. The number of hydrogen-bond donors (Lipinski definition) is 2. The molecule has 0 heterocycles. The van der Waals surface area contributed by atoms with Crippen molar-refractivity contribution in [1.82, 2.24) is 9.62 Å². The van der Waals surface area contributed by atoms with Crippen molar-refractivity contribution in [3.05, 3.63) is 53.6 Å². The van der Waals surface area contributed by atoms with E-state index in [1.807, 2.05) is 31.2 Å². The van der Waals surface area contributed by atoms with E-state index < -0.39 is 16.1 Å². The van der Waals surface area contributed by atoms with E-state index in [0.29, 0.717) is 18.8 Å². The average Bonchev–Trinajstić information content (AvgIpc) is 2.74. The minimum atomic E-state index is -3.70. The highest BCUT2D eigenvalue weighted by atomic mass is 32.2. The number of carbonyl (C=O) groups is 2. The van der Waals surface area contributed by atoms with Gasteiger partial charge in [-0.2, -0.15) is 4.31 Å². The van der Waals surface area contributed by atoms with Crippen molar-refractivity contribution in [3.63, 3.8) is 0 Å². The van der Waals surface area contributed by atoms with Gasteiger partial charge in [0.15, 0.2) is 0 Å². The van der Waals surface area contributed by atoms with Crippen molar-refractivity contribution < 1.29 is 22.7 Å². The Labute approximate surface area is 190 Å². The van der Waals surface area contributed by atoms with Gasteiger partial charge in [-0.05, 0) is 30.7 Å². The molecule has 0 fully saturated rings. The van der Waals surface area contributed by atoms with Gasteiger partial charge in [-0.1, -0.05) is 43.7 Å². The molecular weight excluding hydrogens is 430 g/mol. The van der Waals surface area contributed by atoms with E-state index >= 15 is 0 Å². The Morgan fingerprint density at radius 1 is 1.06 bits per heavy atom. The normalized spacial score (nSPS) is 12.3. The van der Waals surface area contributed by atoms with Crippen molar-refractivity contribution in [2.45, 2.75) is 45.1 Å². The second-order valence-corrected chi connectivity index (χ2v) is 9.31. The summed E-state index contributed by atoms with van der Waals surface area (Å²) in [6, 6.07) is 11.4. The average molecular weight is 462 g/mol. The number of amides is 2. The molecule has 2 aromatic rings. The van der Waals surface area contributed by atoms with Crippen LogP contribution in [0, 0.1) is 6.92 Å². The van der Waals surface area contributed by atoms with Crippen molar-refractivity contribution in [3.8, 4) is 5.75 Å². The summed E-state index contributed by atoms with van der Waals surface area (Å²) in [5.41, 5.74) is 2.11. The van der Waals surface area contributed by atoms with Crippen LogP contribution in [0.2, 0.25) is 0 Å². The number of ether oxygens (including phenoxy) is 1. The van der Waals surface area contributed by atoms with Crippen LogP contribution in [0.5, 0.6) is 5.75 Å². The lowest BCUT2D eigenvalue weighted by Gasteiger charge is -2.21. The van der Waals surface area contributed by atoms with Gasteiger partial charge in [-0.15, -0.1) is 0 Å². The number of nitrogens with one attached hydrogen (secondary N) is 2. The SMILES string of the molecule is CCN(CC)S(=O)(=O)c1ccc(OC)c(NC(=O)CC(NC(C)=O)c2ccc(C)cc2)c1. The minimum Gasteiger partial charge on any atom is -0.495 e. The van der Waals surface area contributed by atoms with Crippen LogP contribution in [0.1, 0.15) is 44.4 Å². The quantitative estimate of drug-likeness (QED) is 0.565. The summed E-state index contributed by atoms with van der Waals surface area (Å²) in [4.78, 5) is 24.6. The zero-order valence-electron chi connectivity index (χ0n) is 19.1. The molecule has 0 bridgehead atoms. The summed E-state index contributed by atoms with van der Waals surface area (Å²) in [5.74, 6) is -0.309. The number of anilines is 1. The number of hydrogen-bond acceptors (Lipinski definition) is 5. The van der Waals surface area contributed by atoms with Gasteiger partial charge < -0.3 is 15.4 Å². The van der Waals surface area contributed by atoms with Crippen LogP contribution >= 0.6 is 0 Å². The maximum absolute atomic E-state index is 12.9. The molecule has 0 aliphatic heterocycles. The van der Waals surface area contributed by atoms with E-state index in [4.69, 9.17) is 4.74 Å². The molecular formula is C23H31N3O5S. The van der Waals surface area contributed by atoms with Crippen LogP contribution < -0.4 is 15.4 Å². The first-order valence-corrected chi connectivity index (χ1v) is 11.9. The second kappa shape index (κ2) is 11.1. The number of carbonyl (C=O) groups excluding carboxylic acids is 2. The van der Waals surface area contributed by atoms with Crippen LogP contribution in [0.25, 0.3) is 0 Å². The molecule has 1 unspecified atom stereocenters. The number of benzene rings is 2. The van der Waals surface area contributed by atoms with Gasteiger partial charge in [0, 0.05) is 20.0 Å². The molecule has 2 N–H and O–H groups in total. The molecule has 32 heavy (non-hydrogen) atoms. The topological polar surface area (TPSA) is 105 Å². The van der Waals surface area contributed by atoms with Gasteiger partial charge in [-0.3, -0.25) is 9.59 Å². The zero-order valence-corrected chi connectivity index (χ0v) is 20.0. The number of sulfonamides is 1. The lowest BCUT2D eigenvalue weighted by Crippen LogP contribution is -2.31. The van der Waals surface area contributed by atoms with Gasteiger partial charge >= 0.3 is 0 Å². The summed E-state index contributed by atoms with van der Waals surface area (Å²) in [6.07, 6.45) is -0.0290. The fourth-order valence-electron chi connectivity index (χ4n) is 3.34. The molecule has 0 aromatic heterocycles. The molecule has 2 aromatic carbocycles. The van der Waals surface area contributed by atoms with Crippen LogP contribution in [-0.2, 0) is 19.6 Å². The molecule has 174 valence electrons. The summed E-state index contributed by atoms with van der Waals surface area (Å²) >= 11 is 0. The Hall–Kier alpha value is -2.91. The van der Waals surface area contributed by atoms with Gasteiger partial charge in [0.25, 0.3) is 0 Å². The Morgan fingerprint density at radius 2 is 1.69 bits per heavy atom. The Balaban J connectivity index is 2.30. The van der Waals surface area contributed by atoms with Gasteiger partial charge in [0.1, 0.15) is 5.75 Å². The molecule has 2 amide bonds. The van der Waals surface area contributed by atoms with Crippen LogP contribution in [0.4, 0.5) is 5.69 Å². The maximum Gasteiger partial charge on any atom is 0.243 e. The highest BCUT2D eigenvalue weighted by Gasteiger charge is 2.24. The first-order chi connectivity index (χ1) is 15.1. The molecule has 0 spiro atoms. The monoisotopic (exact) mass is 461 g/mol. The van der Waals surface area contributed by atoms with Crippen molar-refractivity contribution >= 4 is 27.5 Å². The number of rotatable bonds is 10. The molecule has 0 aliphatic rings. The third-order valence-corrected chi connectivity index (χ3v) is 7.08. The lowest BCUT2D eigenvalue weighted by molar-refractivity contribution is -0.120. The van der Waals surface area contributed by atoms with Crippen LogP contribution in [0.3, 0.4) is 0 Å². The molecule has 2 rings (SSSR count). The molecule has 0 radical (unpaired) electrons. The van der Waals surface area contributed by atoms with Crippen LogP contribution in [-0.4, -0.2) is 44.7 Å². The van der Waals surface area contributed by atoms with E-state index in [1.165, 1.54) is 36.5 Å². The molecule has 0 saturated carbocycles. The maximum atomic E-state index is 12.9. The fraction of sp³-hybridized carbons (Fsp3) is 0.391. The van der Waals surface area contributed by atoms with Crippen molar-refractivity contribution in [2.24, 2.45) is 0 Å². The summed E-state index contributed by atoms with van der Waals surface area (Å²) in [6.45, 7) is 7.54. The van der Waals surface area contributed by atoms with Crippen LogP contribution in [0.15, 0.2) is 47.4 Å². The minimum absolute atomic E-state index is 0.0290. The predicted molar refractivity (Wildman–Crippen MR) is 124 cm³/mol. The predicted octanol–water partition coefficient (Wildman–Crippen LogP) is 3.24. The standard InChI is InChI=1S/C23H31N3O5S/c1-6-26(7-2)32(29,30)19-12-13-22(31-5)21(14-19)25-23(28)15-20(24-17(4)27)18-10-8-16(3)9-11-18/h8-14,20H,6-7,15H2,1-5H3,(H,24,27)(H,25,28). The zero-order chi connectivity index (χ0) is 23.9. The molecule has 8 nitrogen and oxygen atoms in total. The van der Waals surface area contributed by atoms with E-state index in [9.17, 15) is 18.0 Å². The van der Waals surface area contributed by atoms with Crippen molar-refractivity contribution in [1.29, 1.82) is 0 Å². The molecule has 1 atom stereocenters. The van der Waals surface area contributed by atoms with E-state index in [0.717, 1.165) is 11.1 Å². The van der Waals surface area contributed by atoms with Crippen molar-refractivity contribution in [2.75, 3.05) is 25.5 Å². The first kappa shape index (κ1) is 25.4. The van der Waals surface area contributed by atoms with Gasteiger partial charge in [0.2, 0.25) is 21.8 Å². The Kier molecular flexibility index (Phi) is 8.80. The van der Waals surface area contributed by atoms with E-state index in [1.54, 1.807) is 13.8 Å². The molecule has 0 aliphatic carbocycles. The number of nitrogens with zero attached hydrogens (tertiary/aromatic N) is 1. The molecule has 0 saturated heterocycles. The smallest absolute Gasteiger partial charge is 0.243 e. The highest BCUT2D eigenvalue weighted by Crippen LogP contribution is 2.29. The first-order valence-electron chi connectivity index (χ1n) is 10.4. The van der Waals surface area contributed by atoms with E-state index in [-0.39, 0.29) is 28.8 Å². The Morgan fingerprint density at radius 3 is 2.22 bits per heavy atom. The largest absolute Gasteiger partial charge is 0.495 e.